The maximum absolute atomic E-state index is 12.9. The summed E-state index contributed by atoms with van der Waals surface area (Å²) < 4.78 is 640. The quantitative estimate of drug-likeness (QED) is 0.0280. The number of nitrogens with one attached hydrogen (secondary N) is 5. The smallest absolute Gasteiger partial charge is 0.416 e. The summed E-state index contributed by atoms with van der Waals surface area (Å²) in [5, 5.41) is 8.65. The van der Waals surface area contributed by atoms with Crippen LogP contribution in [0.2, 0.25) is 0 Å². The molecule has 10 rings (SSSR count). The first-order valence-corrected chi connectivity index (χ1v) is 30.2. The first-order valence-electron chi connectivity index (χ1n) is 57.2. The SMILES string of the molecule is [2H]c1c([2H])c([2H])c(C(CC([2H])([2H])NC([2H])([2H])[2H])Oc2ccc(C(F)(F)F)cc2)c([2H])c1[2H].[2H]c1c([2H])c([2H])c(C(Oc2ccc(C(F)(F)F)cc2)C([2H])([2H])C([2H])([2H])NC([2H])([2H])[2H])c([2H])c1[2H].[2H]c1c([2H])c([2H])c(C(Oc2ccc(C(F)(F)F)cc2)C([2H])([2H])CNC([2H])([2H])[2H])c([2H])c1[2H].[2H]c1c([2H])c([2H])c(C([2H])(CCNC([2H])([2H])[2H])Oc2ccc(C(F)(F)F)cc2)c([2H])c1[2H].[2H]c1c([2H])c([2H])c(C([2H])(Oc2ccc(C(F)(F)F)cc2)C([2H])([2H])C([2H])([2H])NC([2H])([2H])[2H])c([2H])c1[2H]. The second kappa shape index (κ2) is 45.2. The summed E-state index contributed by atoms with van der Waals surface area (Å²) >= 11 is 0. The van der Waals surface area contributed by atoms with Gasteiger partial charge in [-0.05, 0) is 217 Å². The highest BCUT2D eigenvalue weighted by molar-refractivity contribution is 5.35. The molecule has 590 valence electrons. The number of alkyl halides is 15. The number of halogens is 15. The summed E-state index contributed by atoms with van der Waals surface area (Å²) in [4.78, 5) is 0. The fourth-order valence-electron chi connectivity index (χ4n) is 7.83. The molecule has 0 radical (unpaired) electrons. The molecule has 5 atom stereocenters. The molecular weight excluding hydrogens is 1460 g/mol. The standard InChI is InChI=1S/5C17H18F3NO/c5*1-21-12-11-16(13-5-3-2-4-6-13)22-15-9-7-14(8-10-15)17(18,19)20/h5*2-10,16,21H,11-12H2,1H3/i1D3,2D,3D,4D,5D,6D,11D2,12D2,16D;1D3,2D,3D,4D,5D,6D,11D2,12D2;1D3,2D,3D,4D,5D,6D,16D;1D3,2D,3D,4D,5D,6D,12D2;1D3,2D,3D,4D,5D,6D,11D2. The average Bonchev–Trinajstić information content (AvgIpc) is 0.712. The van der Waals surface area contributed by atoms with Crippen molar-refractivity contribution in [3.05, 3.63) is 328 Å². The normalized spacial score (nSPS) is 21.9. The lowest BCUT2D eigenvalue weighted by atomic mass is 10.1. The van der Waals surface area contributed by atoms with Crippen molar-refractivity contribution >= 4 is 0 Å². The van der Waals surface area contributed by atoms with Gasteiger partial charge in [0, 0.05) is 69.0 Å². The highest BCUT2D eigenvalue weighted by Crippen LogP contribution is 2.38. The van der Waals surface area contributed by atoms with Gasteiger partial charge in [0.05, 0.1) is 64.8 Å². The summed E-state index contributed by atoms with van der Waals surface area (Å²) in [5.41, 5.74) is -8.88. The molecule has 110 heavy (non-hydrogen) atoms. The van der Waals surface area contributed by atoms with E-state index < -0.39 is 372 Å². The predicted octanol–water partition coefficient (Wildman–Crippen LogP) is 22.2. The van der Waals surface area contributed by atoms with Crippen LogP contribution in [0.15, 0.2) is 272 Å². The zero-order chi connectivity index (χ0) is 127. The molecule has 5 N–H and O–H groups in total. The van der Waals surface area contributed by atoms with Crippen LogP contribution in [0.4, 0.5) is 65.9 Å². The van der Waals surface area contributed by atoms with E-state index in [0.29, 0.717) is 72.8 Å². The van der Waals surface area contributed by atoms with Crippen LogP contribution in [0, 0.1) is 0 Å². The van der Waals surface area contributed by atoms with Crippen molar-refractivity contribution < 1.29 is 164 Å². The van der Waals surface area contributed by atoms with Crippen LogP contribution in [0.3, 0.4) is 0 Å². The van der Waals surface area contributed by atoms with Crippen molar-refractivity contribution in [2.45, 2.75) is 93.3 Å². The van der Waals surface area contributed by atoms with Gasteiger partial charge >= 0.3 is 30.9 Å². The van der Waals surface area contributed by atoms with E-state index in [1.807, 2.05) is 5.32 Å². The molecule has 0 saturated carbocycles. The van der Waals surface area contributed by atoms with Gasteiger partial charge in [-0.15, -0.1) is 0 Å². The summed E-state index contributed by atoms with van der Waals surface area (Å²) in [6.45, 7) is -25.7. The fourth-order valence-corrected chi connectivity index (χ4v) is 7.83. The second-order valence-electron chi connectivity index (χ2n) is 20.3. The summed E-state index contributed by atoms with van der Waals surface area (Å²) in [6, 6.07) is -6.29. The Bertz CT molecular complexity index is 6810. The van der Waals surface area contributed by atoms with E-state index in [2.05, 4.69) is 5.32 Å². The first-order chi connectivity index (χ1) is 73.7. The third kappa shape index (κ3) is 31.9. The largest absolute Gasteiger partial charge is 0.486 e. The number of benzene rings is 10. The lowest BCUT2D eigenvalue weighted by Crippen LogP contribution is -2.16. The molecular formula is C85H90F15N5O5. The van der Waals surface area contributed by atoms with Gasteiger partial charge in [-0.1, -0.05) is 151 Å². The van der Waals surface area contributed by atoms with E-state index in [0.717, 1.165) is 48.5 Å². The molecule has 10 aromatic carbocycles. The minimum absolute atomic E-state index is 0.209. The van der Waals surface area contributed by atoms with Gasteiger partial charge in [0.15, 0.2) is 0 Å². The Morgan fingerprint density at radius 3 is 0.864 bits per heavy atom. The van der Waals surface area contributed by atoms with Crippen LogP contribution < -0.4 is 50.3 Å². The zero-order valence-electron chi connectivity index (χ0n) is 109. The second-order valence-corrected chi connectivity index (χ2v) is 20.3. The van der Waals surface area contributed by atoms with Crippen molar-refractivity contribution in [3.63, 3.8) is 0 Å². The van der Waals surface area contributed by atoms with Crippen LogP contribution in [0.25, 0.3) is 0 Å². The van der Waals surface area contributed by atoms with Crippen molar-refractivity contribution in [1.29, 1.82) is 0 Å². The van der Waals surface area contributed by atoms with E-state index >= 15 is 0 Å². The summed E-state index contributed by atoms with van der Waals surface area (Å²) in [6.07, 6.45) is -46.6. The minimum atomic E-state index is -4.76. The van der Waals surface area contributed by atoms with Crippen LogP contribution in [0.5, 0.6) is 28.7 Å². The topological polar surface area (TPSA) is 106 Å². The Morgan fingerprint density at radius 2 is 0.536 bits per heavy atom. The van der Waals surface area contributed by atoms with Crippen molar-refractivity contribution in [2.75, 3.05) is 67.5 Å². The molecule has 0 aliphatic heterocycles. The van der Waals surface area contributed by atoms with E-state index in [-0.39, 0.29) is 23.8 Å². The van der Waals surface area contributed by atoms with E-state index in [9.17, 15) is 65.9 Å². The lowest BCUT2D eigenvalue weighted by molar-refractivity contribution is -0.138. The third-order valence-electron chi connectivity index (χ3n) is 12.8. The Kier molecular flexibility index (Phi) is 15.9. The molecule has 0 amide bonds. The van der Waals surface area contributed by atoms with Crippen molar-refractivity contribution in [1.82, 2.24) is 26.6 Å². The lowest BCUT2D eigenvalue weighted by Gasteiger charge is -2.20. The van der Waals surface area contributed by atoms with Crippen LogP contribution in [-0.2, 0) is 30.9 Å². The molecule has 10 aromatic rings. The Hall–Kier alpha value is -10.1. The monoisotopic (exact) mass is 1600 g/mol. The summed E-state index contributed by atoms with van der Waals surface area (Å²) in [5.74, 6) is -1.84. The molecule has 0 saturated heterocycles. The maximum atomic E-state index is 12.9. The third-order valence-corrected chi connectivity index (χ3v) is 12.8. The molecule has 25 heteroatoms. The molecule has 0 bridgehead atoms. The van der Waals surface area contributed by atoms with Gasteiger partial charge in [0.1, 0.15) is 59.2 Å². The van der Waals surface area contributed by atoms with Gasteiger partial charge in [-0.2, -0.15) is 65.9 Å². The molecule has 10 nitrogen and oxygen atoms in total. The first kappa shape index (κ1) is 38.7. The highest BCUT2D eigenvalue weighted by Gasteiger charge is 2.34. The van der Waals surface area contributed by atoms with Gasteiger partial charge in [0.2, 0.25) is 0 Å². The maximum Gasteiger partial charge on any atom is 0.416 e. The van der Waals surface area contributed by atoms with E-state index in [4.69, 9.17) is 97.7 Å². The molecule has 0 aliphatic rings. The highest BCUT2D eigenvalue weighted by atomic mass is 19.4. The fraction of sp³-hybridized carbons (Fsp3) is 0.294. The minimum Gasteiger partial charge on any atom is -0.486 e. The molecule has 5 unspecified atom stereocenters. The summed E-state index contributed by atoms with van der Waals surface area (Å²) in [7, 11) is 0. The molecule has 0 aromatic heterocycles. The van der Waals surface area contributed by atoms with E-state index in [1.165, 1.54) is 10.6 Å². The number of hydrogen-bond donors (Lipinski definition) is 5. The van der Waals surface area contributed by atoms with Gasteiger partial charge < -0.3 is 50.3 Å². The van der Waals surface area contributed by atoms with Crippen molar-refractivity contribution in [2.24, 2.45) is 0 Å². The average molecular weight is 1600 g/mol. The molecule has 0 heterocycles. The number of hydrogen-bond acceptors (Lipinski definition) is 10. The number of rotatable bonds is 30. The van der Waals surface area contributed by atoms with E-state index in [1.54, 1.807) is 5.32 Å². The Morgan fingerprint density at radius 1 is 0.282 bits per heavy atom. The Labute approximate surface area is 708 Å². The van der Waals surface area contributed by atoms with Gasteiger partial charge in [0.25, 0.3) is 0 Å². The van der Waals surface area contributed by atoms with Crippen LogP contribution in [-0.4, -0.2) is 67.5 Å². The molecule has 0 aliphatic carbocycles. The number of ether oxygens (including phenoxy) is 5. The Balaban J connectivity index is 0.000000311. The predicted molar refractivity (Wildman–Crippen MR) is 399 cm³/mol. The molecule has 0 fully saturated rings. The zero-order valence-corrected chi connectivity index (χ0v) is 55.3. The van der Waals surface area contributed by atoms with Crippen LogP contribution in [0.1, 0.15) is 192 Å². The molecule has 0 spiro atoms. The van der Waals surface area contributed by atoms with Crippen molar-refractivity contribution in [3.8, 4) is 28.7 Å². The van der Waals surface area contributed by atoms with Crippen LogP contribution >= 0.6 is 0 Å². The van der Waals surface area contributed by atoms with Gasteiger partial charge in [-0.3, -0.25) is 0 Å². The van der Waals surface area contributed by atoms with Gasteiger partial charge in [-0.25, -0.2) is 0 Å².